The van der Waals surface area contributed by atoms with Crippen molar-refractivity contribution in [3.63, 3.8) is 0 Å². The largest absolute Gasteiger partial charge is 0.369 e. The van der Waals surface area contributed by atoms with Gasteiger partial charge in [-0.1, -0.05) is 19.1 Å². The molecule has 5 nitrogen and oxygen atoms in total. The Hall–Kier alpha value is -1.98. The van der Waals surface area contributed by atoms with Gasteiger partial charge in [-0.25, -0.2) is 14.4 Å². The van der Waals surface area contributed by atoms with Crippen LogP contribution in [0.3, 0.4) is 0 Å². The molecule has 19 heavy (non-hydrogen) atoms. The molecule has 0 aliphatic heterocycles. The van der Waals surface area contributed by atoms with Gasteiger partial charge in [0, 0.05) is 6.04 Å². The van der Waals surface area contributed by atoms with Gasteiger partial charge in [-0.15, -0.1) is 0 Å². The third-order valence-corrected chi connectivity index (χ3v) is 3.32. The number of anilines is 1. The minimum absolute atomic E-state index is 0.137. The Morgan fingerprint density at radius 2 is 2.21 bits per heavy atom. The van der Waals surface area contributed by atoms with E-state index >= 15 is 0 Å². The highest BCUT2D eigenvalue weighted by Crippen LogP contribution is 2.23. The summed E-state index contributed by atoms with van der Waals surface area (Å²) in [5.74, 6) is -1.04. The van der Waals surface area contributed by atoms with Gasteiger partial charge >= 0.3 is 0 Å². The fourth-order valence-corrected chi connectivity index (χ4v) is 2.22. The van der Waals surface area contributed by atoms with E-state index in [1.807, 2.05) is 19.1 Å². The van der Waals surface area contributed by atoms with Crippen LogP contribution >= 0.6 is 0 Å². The number of aromatic nitrogens is 2. The van der Waals surface area contributed by atoms with Crippen molar-refractivity contribution in [2.45, 2.75) is 32.2 Å². The molecule has 6 heteroatoms. The number of nitrogens with two attached hydrogens (primary N) is 1. The normalized spacial score (nSPS) is 22.2. The van der Waals surface area contributed by atoms with Gasteiger partial charge in [0.05, 0.1) is 11.6 Å². The maximum Gasteiger partial charge on any atom is 0.222 e. The first-order chi connectivity index (χ1) is 9.13. The molecule has 2 rings (SSSR count). The molecule has 1 aliphatic carbocycles. The Morgan fingerprint density at radius 3 is 2.89 bits per heavy atom. The van der Waals surface area contributed by atoms with E-state index in [0.717, 1.165) is 0 Å². The number of primary amides is 1. The topological polar surface area (TPSA) is 80.9 Å². The van der Waals surface area contributed by atoms with Gasteiger partial charge in [0.25, 0.3) is 0 Å². The lowest BCUT2D eigenvalue weighted by Gasteiger charge is -2.27. The number of hydrogen-bond donors (Lipinski definition) is 2. The number of nitrogens with zero attached hydrogens (tertiary/aromatic N) is 2. The molecule has 1 aromatic heterocycles. The molecule has 102 valence electrons. The first-order valence-corrected chi connectivity index (χ1v) is 6.33. The molecular weight excluding hydrogens is 247 g/mol. The van der Waals surface area contributed by atoms with E-state index in [4.69, 9.17) is 5.73 Å². The predicted molar refractivity (Wildman–Crippen MR) is 69.8 cm³/mol. The molecule has 0 bridgehead atoms. The van der Waals surface area contributed by atoms with Crippen LogP contribution in [0.25, 0.3) is 0 Å². The van der Waals surface area contributed by atoms with Crippen molar-refractivity contribution < 1.29 is 9.18 Å². The van der Waals surface area contributed by atoms with Crippen LogP contribution in [0.4, 0.5) is 10.2 Å². The van der Waals surface area contributed by atoms with E-state index in [9.17, 15) is 9.18 Å². The molecule has 0 radical (unpaired) electrons. The number of amides is 1. The van der Waals surface area contributed by atoms with Gasteiger partial charge < -0.3 is 11.1 Å². The molecule has 0 aromatic carbocycles. The molecule has 0 saturated heterocycles. The van der Waals surface area contributed by atoms with E-state index < -0.39 is 5.82 Å². The molecule has 3 N–H and O–H groups in total. The maximum absolute atomic E-state index is 14.0. The monoisotopic (exact) mass is 264 g/mol. The Kier molecular flexibility index (Phi) is 4.09. The van der Waals surface area contributed by atoms with Crippen LogP contribution in [0.2, 0.25) is 0 Å². The first-order valence-electron chi connectivity index (χ1n) is 6.33. The second-order valence-corrected chi connectivity index (χ2v) is 4.54. The molecule has 2 atom stereocenters. The van der Waals surface area contributed by atoms with Gasteiger partial charge in [-0.05, 0) is 19.3 Å². The molecule has 1 heterocycles. The van der Waals surface area contributed by atoms with Crippen LogP contribution in [-0.4, -0.2) is 21.9 Å². The summed E-state index contributed by atoms with van der Waals surface area (Å²) in [5.41, 5.74) is 5.73. The summed E-state index contributed by atoms with van der Waals surface area (Å²) in [5, 5.41) is 2.98. The van der Waals surface area contributed by atoms with Crippen molar-refractivity contribution in [1.29, 1.82) is 0 Å². The van der Waals surface area contributed by atoms with Crippen LogP contribution < -0.4 is 11.1 Å². The molecular formula is C13H17FN4O. The van der Waals surface area contributed by atoms with Crippen LogP contribution in [-0.2, 0) is 11.2 Å². The van der Waals surface area contributed by atoms with E-state index in [2.05, 4.69) is 15.3 Å². The summed E-state index contributed by atoms with van der Waals surface area (Å²) in [6.45, 7) is 1.82. The van der Waals surface area contributed by atoms with E-state index in [1.54, 1.807) is 0 Å². The summed E-state index contributed by atoms with van der Waals surface area (Å²) in [6.07, 6.45) is 6.88. The molecule has 1 aromatic rings. The summed E-state index contributed by atoms with van der Waals surface area (Å²) in [7, 11) is 0. The molecule has 0 spiro atoms. The SMILES string of the molecule is CCc1ncnc(N[C@H]2CC=CC[C@@H]2C(N)=O)c1F. The number of rotatable bonds is 4. The minimum atomic E-state index is -0.456. The van der Waals surface area contributed by atoms with Crippen LogP contribution in [0.5, 0.6) is 0 Å². The number of allylic oxidation sites excluding steroid dienone is 1. The first kappa shape index (κ1) is 13.5. The van der Waals surface area contributed by atoms with Crippen LogP contribution in [0, 0.1) is 11.7 Å². The third-order valence-electron chi connectivity index (χ3n) is 3.32. The van der Waals surface area contributed by atoms with Gasteiger partial charge in [0.1, 0.15) is 6.33 Å². The number of halogens is 1. The molecule has 1 amide bonds. The standard InChI is InChI=1S/C13H17FN4O/c1-2-9-11(14)13(17-7-16-9)18-10-6-4-3-5-8(10)12(15)19/h3-4,7-8,10H,2,5-6H2,1H3,(H2,15,19)(H,16,17,18)/t8-,10-/m0/s1. The lowest BCUT2D eigenvalue weighted by atomic mass is 9.88. The lowest BCUT2D eigenvalue weighted by Crippen LogP contribution is -2.39. The van der Waals surface area contributed by atoms with Crippen molar-refractivity contribution in [2.24, 2.45) is 11.7 Å². The van der Waals surface area contributed by atoms with Crippen LogP contribution in [0.15, 0.2) is 18.5 Å². The Balaban J connectivity index is 2.20. The summed E-state index contributed by atoms with van der Waals surface area (Å²) >= 11 is 0. The lowest BCUT2D eigenvalue weighted by molar-refractivity contribution is -0.122. The maximum atomic E-state index is 14.0. The molecule has 1 aliphatic rings. The highest BCUT2D eigenvalue weighted by Gasteiger charge is 2.28. The summed E-state index contributed by atoms with van der Waals surface area (Å²) in [4.78, 5) is 19.2. The Morgan fingerprint density at radius 1 is 1.47 bits per heavy atom. The number of carbonyl (C=O) groups is 1. The third kappa shape index (κ3) is 2.89. The highest BCUT2D eigenvalue weighted by atomic mass is 19.1. The van der Waals surface area contributed by atoms with E-state index in [0.29, 0.717) is 25.0 Å². The Labute approximate surface area is 111 Å². The van der Waals surface area contributed by atoms with Gasteiger partial charge in [0.15, 0.2) is 11.6 Å². The summed E-state index contributed by atoms with van der Waals surface area (Å²) in [6, 6.07) is -0.225. The fourth-order valence-electron chi connectivity index (χ4n) is 2.22. The van der Waals surface area contributed by atoms with Crippen molar-refractivity contribution in [1.82, 2.24) is 9.97 Å². The molecule has 0 unspecified atom stereocenters. The zero-order valence-electron chi connectivity index (χ0n) is 10.8. The Bertz CT molecular complexity index is 503. The van der Waals surface area contributed by atoms with E-state index in [-0.39, 0.29) is 23.7 Å². The summed E-state index contributed by atoms with van der Waals surface area (Å²) < 4.78 is 14.0. The molecule has 0 saturated carbocycles. The van der Waals surface area contributed by atoms with E-state index in [1.165, 1.54) is 6.33 Å². The van der Waals surface area contributed by atoms with Crippen molar-refractivity contribution in [3.8, 4) is 0 Å². The van der Waals surface area contributed by atoms with Crippen molar-refractivity contribution >= 4 is 11.7 Å². The van der Waals surface area contributed by atoms with Gasteiger partial charge in [0.2, 0.25) is 5.91 Å². The number of hydrogen-bond acceptors (Lipinski definition) is 4. The second-order valence-electron chi connectivity index (χ2n) is 4.54. The van der Waals surface area contributed by atoms with Gasteiger partial charge in [-0.3, -0.25) is 4.79 Å². The number of nitrogens with one attached hydrogen (secondary N) is 1. The highest BCUT2D eigenvalue weighted by molar-refractivity contribution is 5.78. The zero-order valence-corrected chi connectivity index (χ0v) is 10.8. The van der Waals surface area contributed by atoms with Crippen molar-refractivity contribution in [3.05, 3.63) is 30.0 Å². The smallest absolute Gasteiger partial charge is 0.222 e. The molecule has 0 fully saturated rings. The van der Waals surface area contributed by atoms with Crippen LogP contribution in [0.1, 0.15) is 25.5 Å². The second kappa shape index (κ2) is 5.77. The fraction of sp³-hybridized carbons (Fsp3) is 0.462. The van der Waals surface area contributed by atoms with Gasteiger partial charge in [-0.2, -0.15) is 0 Å². The number of aryl methyl sites for hydroxylation is 1. The quantitative estimate of drug-likeness (QED) is 0.806. The number of carbonyl (C=O) groups excluding carboxylic acids is 1. The minimum Gasteiger partial charge on any atom is -0.369 e. The average molecular weight is 264 g/mol. The zero-order chi connectivity index (χ0) is 13.8. The predicted octanol–water partition coefficient (Wildman–Crippen LogP) is 1.41. The van der Waals surface area contributed by atoms with Crippen molar-refractivity contribution in [2.75, 3.05) is 5.32 Å². The average Bonchev–Trinajstić information content (AvgIpc) is 2.41.